The molecule has 0 aromatic heterocycles. The summed E-state index contributed by atoms with van der Waals surface area (Å²) in [6.07, 6.45) is 6.78. The molecule has 0 aromatic carbocycles. The first-order valence-electron chi connectivity index (χ1n) is 3.90. The van der Waals surface area contributed by atoms with Crippen LogP contribution >= 0.6 is 11.8 Å². The van der Waals surface area contributed by atoms with Crippen molar-refractivity contribution >= 4 is 17.5 Å². The Morgan fingerprint density at radius 3 is 3.17 bits per heavy atom. The zero-order valence-corrected chi connectivity index (χ0v) is 7.99. The second-order valence-electron chi connectivity index (χ2n) is 2.52. The summed E-state index contributed by atoms with van der Waals surface area (Å²) in [7, 11) is 1.70. The van der Waals surface area contributed by atoms with Crippen molar-refractivity contribution in [1.82, 2.24) is 0 Å². The quantitative estimate of drug-likeness (QED) is 0.678. The maximum absolute atomic E-state index is 7.43. The number of nitrogens with one attached hydrogen (secondary N) is 1. The second kappa shape index (κ2) is 5.17. The van der Waals surface area contributed by atoms with Gasteiger partial charge in [-0.25, -0.2) is 0 Å². The van der Waals surface area contributed by atoms with Gasteiger partial charge in [-0.15, -0.1) is 11.8 Å². The van der Waals surface area contributed by atoms with Gasteiger partial charge in [-0.05, 0) is 6.08 Å². The lowest BCUT2D eigenvalue weighted by Crippen LogP contribution is -1.97. The van der Waals surface area contributed by atoms with Crippen molar-refractivity contribution in [2.75, 3.05) is 19.5 Å². The lowest BCUT2D eigenvalue weighted by molar-refractivity contribution is 0.219. The summed E-state index contributed by atoms with van der Waals surface area (Å²) in [5.41, 5.74) is 0.692. The van der Waals surface area contributed by atoms with Crippen molar-refractivity contribution in [3.05, 3.63) is 23.1 Å². The predicted molar refractivity (Wildman–Crippen MR) is 53.9 cm³/mol. The number of rotatable bonds is 4. The minimum Gasteiger partial charge on any atom is -0.384 e. The third kappa shape index (κ3) is 3.24. The van der Waals surface area contributed by atoms with Crippen LogP contribution in [0.4, 0.5) is 0 Å². The zero-order chi connectivity index (χ0) is 8.81. The van der Waals surface area contributed by atoms with Gasteiger partial charge < -0.3 is 10.1 Å². The highest BCUT2D eigenvalue weighted by Gasteiger charge is 2.00. The minimum absolute atomic E-state index is 0.692. The Morgan fingerprint density at radius 2 is 2.50 bits per heavy atom. The molecule has 0 fully saturated rings. The largest absolute Gasteiger partial charge is 0.384 e. The molecular weight excluding hydrogens is 170 g/mol. The number of hydrogen-bond acceptors (Lipinski definition) is 3. The number of hydrogen-bond donors (Lipinski definition) is 1. The smallest absolute Gasteiger partial charge is 0.0556 e. The van der Waals surface area contributed by atoms with E-state index in [1.165, 1.54) is 4.91 Å². The van der Waals surface area contributed by atoms with E-state index in [4.69, 9.17) is 10.1 Å². The predicted octanol–water partition coefficient (Wildman–Crippen LogP) is 2.23. The van der Waals surface area contributed by atoms with E-state index in [2.05, 4.69) is 6.08 Å². The summed E-state index contributed by atoms with van der Waals surface area (Å²) < 4.78 is 4.93. The van der Waals surface area contributed by atoms with Crippen LogP contribution in [0.5, 0.6) is 0 Å². The Balaban J connectivity index is 2.31. The van der Waals surface area contributed by atoms with Crippen LogP contribution in [-0.2, 0) is 4.74 Å². The van der Waals surface area contributed by atoms with Gasteiger partial charge in [0.25, 0.3) is 0 Å². The molecule has 66 valence electrons. The van der Waals surface area contributed by atoms with Crippen molar-refractivity contribution in [2.45, 2.75) is 6.42 Å². The molecule has 0 saturated heterocycles. The average molecular weight is 183 g/mol. The SMILES string of the molecule is COCCSC1=CC(=N)CC=C1. The highest BCUT2D eigenvalue weighted by atomic mass is 32.2. The fraction of sp³-hybridized carbons (Fsp3) is 0.444. The summed E-state index contributed by atoms with van der Waals surface area (Å²) in [6.45, 7) is 0.767. The highest BCUT2D eigenvalue weighted by molar-refractivity contribution is 8.03. The molecule has 0 radical (unpaired) electrons. The number of methoxy groups -OCH3 is 1. The van der Waals surface area contributed by atoms with E-state index in [1.54, 1.807) is 18.9 Å². The zero-order valence-electron chi connectivity index (χ0n) is 7.17. The van der Waals surface area contributed by atoms with Gasteiger partial charge in [-0.2, -0.15) is 0 Å². The van der Waals surface area contributed by atoms with Gasteiger partial charge in [0.05, 0.1) is 6.61 Å². The van der Waals surface area contributed by atoms with Gasteiger partial charge in [0.1, 0.15) is 0 Å². The Hall–Kier alpha value is -0.540. The van der Waals surface area contributed by atoms with Crippen LogP contribution < -0.4 is 0 Å². The normalized spacial score (nSPS) is 16.4. The standard InChI is InChI=1S/C9H13NOS/c1-11-5-6-12-9-4-2-3-8(10)7-9/h2,4,7,10H,3,5-6H2,1H3. The van der Waals surface area contributed by atoms with Crippen LogP contribution in [0.25, 0.3) is 0 Å². The Kier molecular flexibility index (Phi) is 4.11. The van der Waals surface area contributed by atoms with Gasteiger partial charge in [0.15, 0.2) is 0 Å². The van der Waals surface area contributed by atoms with Crippen molar-refractivity contribution in [2.24, 2.45) is 0 Å². The van der Waals surface area contributed by atoms with Crippen LogP contribution in [-0.4, -0.2) is 25.2 Å². The number of ether oxygens (including phenoxy) is 1. The van der Waals surface area contributed by atoms with E-state index < -0.39 is 0 Å². The van der Waals surface area contributed by atoms with E-state index in [1.807, 2.05) is 12.2 Å². The van der Waals surface area contributed by atoms with E-state index >= 15 is 0 Å². The summed E-state index contributed by atoms with van der Waals surface area (Å²) in [6, 6.07) is 0. The van der Waals surface area contributed by atoms with Crippen LogP contribution in [0.3, 0.4) is 0 Å². The molecule has 1 N–H and O–H groups in total. The van der Waals surface area contributed by atoms with Crippen LogP contribution in [0.2, 0.25) is 0 Å². The van der Waals surface area contributed by atoms with Gasteiger partial charge >= 0.3 is 0 Å². The van der Waals surface area contributed by atoms with E-state index in [-0.39, 0.29) is 0 Å². The maximum Gasteiger partial charge on any atom is 0.0556 e. The molecule has 0 spiro atoms. The first-order valence-corrected chi connectivity index (χ1v) is 4.89. The van der Waals surface area contributed by atoms with Crippen LogP contribution in [0.15, 0.2) is 23.1 Å². The topological polar surface area (TPSA) is 33.1 Å². The summed E-state index contributed by atoms with van der Waals surface area (Å²) in [5.74, 6) is 0.958. The second-order valence-corrected chi connectivity index (χ2v) is 3.69. The van der Waals surface area contributed by atoms with Crippen molar-refractivity contribution in [3.8, 4) is 0 Å². The van der Waals surface area contributed by atoms with Gasteiger partial charge in [0.2, 0.25) is 0 Å². The first-order chi connectivity index (χ1) is 5.83. The van der Waals surface area contributed by atoms with E-state index in [9.17, 15) is 0 Å². The molecule has 0 amide bonds. The fourth-order valence-corrected chi connectivity index (χ4v) is 1.82. The first kappa shape index (κ1) is 9.55. The molecule has 0 unspecified atom stereocenters. The summed E-state index contributed by atoms with van der Waals surface area (Å²) >= 11 is 1.73. The summed E-state index contributed by atoms with van der Waals surface area (Å²) in [5, 5.41) is 7.43. The van der Waals surface area contributed by atoms with E-state index in [0.717, 1.165) is 18.8 Å². The van der Waals surface area contributed by atoms with Gasteiger partial charge in [-0.3, -0.25) is 0 Å². The molecule has 1 aliphatic carbocycles. The third-order valence-corrected chi connectivity index (χ3v) is 2.45. The van der Waals surface area contributed by atoms with Crippen molar-refractivity contribution in [3.63, 3.8) is 0 Å². The van der Waals surface area contributed by atoms with Gasteiger partial charge in [-0.1, -0.05) is 12.2 Å². The van der Waals surface area contributed by atoms with Gasteiger partial charge in [0, 0.05) is 29.9 Å². The van der Waals surface area contributed by atoms with Crippen LogP contribution in [0.1, 0.15) is 6.42 Å². The van der Waals surface area contributed by atoms with Crippen molar-refractivity contribution < 1.29 is 4.74 Å². The fourth-order valence-electron chi connectivity index (χ4n) is 0.913. The third-order valence-electron chi connectivity index (χ3n) is 1.49. The van der Waals surface area contributed by atoms with Crippen molar-refractivity contribution in [1.29, 1.82) is 5.41 Å². The molecule has 0 aromatic rings. The molecule has 0 bridgehead atoms. The molecular formula is C9H13NOS. The maximum atomic E-state index is 7.43. The molecule has 0 heterocycles. The molecule has 0 atom stereocenters. The average Bonchev–Trinajstić information content (AvgIpc) is 2.05. The highest BCUT2D eigenvalue weighted by Crippen LogP contribution is 2.20. The lowest BCUT2D eigenvalue weighted by Gasteiger charge is -2.06. The Labute approximate surface area is 77.2 Å². The number of thioether (sulfide) groups is 1. The molecule has 1 rings (SSSR count). The minimum atomic E-state index is 0.692. The molecule has 12 heavy (non-hydrogen) atoms. The summed E-state index contributed by atoms with van der Waals surface area (Å²) in [4.78, 5) is 1.17. The Morgan fingerprint density at radius 1 is 1.67 bits per heavy atom. The van der Waals surface area contributed by atoms with Crippen LogP contribution in [0, 0.1) is 5.41 Å². The molecule has 0 saturated carbocycles. The van der Waals surface area contributed by atoms with E-state index in [0.29, 0.717) is 5.71 Å². The number of allylic oxidation sites excluding steroid dienone is 3. The molecule has 0 aliphatic heterocycles. The Bertz CT molecular complexity index is 221. The monoisotopic (exact) mass is 183 g/mol. The molecule has 1 aliphatic rings. The molecule has 3 heteroatoms. The molecule has 2 nitrogen and oxygen atoms in total. The lowest BCUT2D eigenvalue weighted by atomic mass is 10.2.